The van der Waals surface area contributed by atoms with Gasteiger partial charge in [0.25, 0.3) is 0 Å². The van der Waals surface area contributed by atoms with E-state index in [9.17, 15) is 9.90 Å². The van der Waals surface area contributed by atoms with Crippen LogP contribution in [0.4, 0.5) is 0 Å². The second-order valence-electron chi connectivity index (χ2n) is 10.6. The zero-order chi connectivity index (χ0) is 18.2. The summed E-state index contributed by atoms with van der Waals surface area (Å²) >= 11 is 0. The Morgan fingerprint density at radius 3 is 2.23 bits per heavy atom. The summed E-state index contributed by atoms with van der Waals surface area (Å²) in [5.74, 6) is 2.42. The van der Waals surface area contributed by atoms with Gasteiger partial charge in [-0.2, -0.15) is 0 Å². The van der Waals surface area contributed by atoms with Gasteiger partial charge in [0, 0.05) is 12.8 Å². The lowest BCUT2D eigenvalue weighted by Crippen LogP contribution is -2.48. The smallest absolute Gasteiger partial charge is 0.133 e. The van der Waals surface area contributed by atoms with E-state index in [1.165, 1.54) is 70.6 Å². The molecule has 2 heteroatoms. The molecule has 0 bridgehead atoms. The largest absolute Gasteiger partial charge is 0.393 e. The van der Waals surface area contributed by atoms with Gasteiger partial charge in [-0.1, -0.05) is 45.4 Å². The minimum Gasteiger partial charge on any atom is -0.393 e. The average Bonchev–Trinajstić information content (AvgIpc) is 2.64. The Morgan fingerprint density at radius 2 is 1.54 bits per heavy atom. The van der Waals surface area contributed by atoms with Crippen LogP contribution in [0.15, 0.2) is 0 Å². The van der Waals surface area contributed by atoms with Crippen molar-refractivity contribution in [2.75, 3.05) is 0 Å². The number of aliphatic hydroxyl groups is 1. The van der Waals surface area contributed by atoms with Gasteiger partial charge in [0.1, 0.15) is 5.78 Å². The van der Waals surface area contributed by atoms with E-state index in [1.54, 1.807) is 0 Å². The summed E-state index contributed by atoms with van der Waals surface area (Å²) in [7, 11) is 0. The lowest BCUT2D eigenvalue weighted by molar-refractivity contribution is -0.129. The monoisotopic (exact) mass is 360 g/mol. The van der Waals surface area contributed by atoms with Crippen LogP contribution in [0.2, 0.25) is 0 Å². The maximum Gasteiger partial charge on any atom is 0.133 e. The van der Waals surface area contributed by atoms with Crippen molar-refractivity contribution in [3.8, 4) is 0 Å². The normalized spacial score (nSPS) is 40.0. The molecule has 4 aliphatic rings. The summed E-state index contributed by atoms with van der Waals surface area (Å²) < 4.78 is 0. The highest BCUT2D eigenvalue weighted by atomic mass is 16.3. The van der Waals surface area contributed by atoms with Crippen LogP contribution in [-0.2, 0) is 4.79 Å². The van der Waals surface area contributed by atoms with Gasteiger partial charge in [-0.15, -0.1) is 0 Å². The Balaban J connectivity index is 1.58. The first-order valence-electron chi connectivity index (χ1n) is 11.7. The Hall–Kier alpha value is -0.370. The fourth-order valence-corrected chi connectivity index (χ4v) is 7.92. The molecule has 0 amide bonds. The Morgan fingerprint density at radius 1 is 0.885 bits per heavy atom. The maximum atomic E-state index is 12.4. The van der Waals surface area contributed by atoms with Crippen molar-refractivity contribution in [1.29, 1.82) is 0 Å². The van der Waals surface area contributed by atoms with E-state index in [0.29, 0.717) is 34.4 Å². The number of hydrogen-bond donors (Lipinski definition) is 1. The van der Waals surface area contributed by atoms with Crippen LogP contribution in [0.5, 0.6) is 0 Å². The van der Waals surface area contributed by atoms with Crippen LogP contribution < -0.4 is 0 Å². The molecule has 4 atom stereocenters. The highest BCUT2D eigenvalue weighted by Gasteiger charge is 2.51. The number of hydrogen-bond acceptors (Lipinski definition) is 2. The summed E-state index contributed by atoms with van der Waals surface area (Å²) in [5, 5.41) is 10.6. The second-order valence-corrected chi connectivity index (χ2v) is 10.6. The van der Waals surface area contributed by atoms with E-state index in [0.717, 1.165) is 32.1 Å². The molecule has 0 aromatic carbocycles. The zero-order valence-corrected chi connectivity index (χ0v) is 17.0. The molecule has 2 spiro atoms. The van der Waals surface area contributed by atoms with Crippen LogP contribution in [0, 0.1) is 28.6 Å². The highest BCUT2D eigenvalue weighted by molar-refractivity contribution is 5.79. The van der Waals surface area contributed by atoms with E-state index in [2.05, 4.69) is 6.92 Å². The molecule has 1 N–H and O–H groups in total. The number of carbonyl (C=O) groups is 1. The van der Waals surface area contributed by atoms with Crippen LogP contribution in [0.1, 0.15) is 110 Å². The maximum absolute atomic E-state index is 12.4. The summed E-state index contributed by atoms with van der Waals surface area (Å²) in [6.45, 7) is 2.42. The quantitative estimate of drug-likeness (QED) is 0.650. The summed E-state index contributed by atoms with van der Waals surface area (Å²) in [4.78, 5) is 12.4. The molecule has 0 aliphatic heterocycles. The second kappa shape index (κ2) is 7.57. The minimum atomic E-state index is -0.107. The number of ketones is 1. The van der Waals surface area contributed by atoms with Gasteiger partial charge in [-0.25, -0.2) is 0 Å². The predicted octanol–water partition coefficient (Wildman–Crippen LogP) is 6.05. The van der Waals surface area contributed by atoms with Crippen molar-refractivity contribution < 1.29 is 9.90 Å². The number of aliphatic hydroxyl groups excluding tert-OH is 1. The molecule has 26 heavy (non-hydrogen) atoms. The molecule has 4 fully saturated rings. The lowest BCUT2D eigenvalue weighted by Gasteiger charge is -2.55. The Labute approximate surface area is 160 Å². The molecular formula is C24H40O2. The first-order chi connectivity index (χ1) is 12.5. The standard InChI is InChI=1S/C24H40O2/c1-18-14-22(26)17-20(24(18)11-6-3-7-12-24)15-19-16-21(25)8-13-23(19)9-4-2-5-10-23/h18-20,22,26H,2-17H2,1H3/t18-,19?,20+,22?/m0/s1. The van der Waals surface area contributed by atoms with E-state index < -0.39 is 0 Å². The van der Waals surface area contributed by atoms with Gasteiger partial charge < -0.3 is 5.11 Å². The molecule has 0 aromatic rings. The first kappa shape index (κ1) is 19.0. The Kier molecular flexibility index (Phi) is 5.52. The van der Waals surface area contributed by atoms with Crippen molar-refractivity contribution >= 4 is 5.78 Å². The molecule has 4 saturated carbocycles. The van der Waals surface area contributed by atoms with Crippen molar-refractivity contribution in [1.82, 2.24) is 0 Å². The fraction of sp³-hybridized carbons (Fsp3) is 0.958. The molecule has 2 unspecified atom stereocenters. The van der Waals surface area contributed by atoms with Crippen LogP contribution >= 0.6 is 0 Å². The van der Waals surface area contributed by atoms with Gasteiger partial charge in [0.2, 0.25) is 0 Å². The zero-order valence-electron chi connectivity index (χ0n) is 17.0. The third kappa shape index (κ3) is 3.40. The molecule has 4 rings (SSSR count). The third-order valence-corrected chi connectivity index (χ3v) is 9.42. The summed E-state index contributed by atoms with van der Waals surface area (Å²) in [6, 6.07) is 0. The highest BCUT2D eigenvalue weighted by Crippen LogP contribution is 2.59. The minimum absolute atomic E-state index is 0.107. The molecule has 0 radical (unpaired) electrons. The van der Waals surface area contributed by atoms with Crippen molar-refractivity contribution in [2.24, 2.45) is 28.6 Å². The summed E-state index contributed by atoms with van der Waals surface area (Å²) in [6.07, 6.45) is 19.8. The van der Waals surface area contributed by atoms with E-state index in [4.69, 9.17) is 0 Å². The van der Waals surface area contributed by atoms with Gasteiger partial charge >= 0.3 is 0 Å². The molecule has 148 valence electrons. The van der Waals surface area contributed by atoms with Crippen molar-refractivity contribution in [3.63, 3.8) is 0 Å². The van der Waals surface area contributed by atoms with Gasteiger partial charge in [-0.05, 0) is 80.0 Å². The van der Waals surface area contributed by atoms with Crippen LogP contribution in [0.25, 0.3) is 0 Å². The fourth-order valence-electron chi connectivity index (χ4n) is 7.92. The average molecular weight is 361 g/mol. The number of rotatable bonds is 2. The molecule has 0 heterocycles. The Bertz CT molecular complexity index is 498. The van der Waals surface area contributed by atoms with E-state index >= 15 is 0 Å². The molecule has 2 nitrogen and oxygen atoms in total. The SMILES string of the molecule is C[C@H]1CC(O)C[C@@H](CC2CC(=O)CCC23CCCCC3)C12CCCCC2. The molecule has 0 saturated heterocycles. The van der Waals surface area contributed by atoms with Gasteiger partial charge in [0.15, 0.2) is 0 Å². The van der Waals surface area contributed by atoms with Crippen molar-refractivity contribution in [3.05, 3.63) is 0 Å². The van der Waals surface area contributed by atoms with E-state index in [-0.39, 0.29) is 6.10 Å². The predicted molar refractivity (Wildman–Crippen MR) is 106 cm³/mol. The first-order valence-corrected chi connectivity index (χ1v) is 11.7. The number of carbonyl (C=O) groups excluding carboxylic acids is 1. The van der Waals surface area contributed by atoms with Gasteiger partial charge in [-0.3, -0.25) is 4.79 Å². The van der Waals surface area contributed by atoms with Crippen LogP contribution in [-0.4, -0.2) is 17.0 Å². The molecule has 0 aromatic heterocycles. The molecular weight excluding hydrogens is 320 g/mol. The molecule has 4 aliphatic carbocycles. The van der Waals surface area contributed by atoms with Crippen molar-refractivity contribution in [2.45, 2.75) is 116 Å². The van der Waals surface area contributed by atoms with E-state index in [1.807, 2.05) is 0 Å². The summed E-state index contributed by atoms with van der Waals surface area (Å²) in [5.41, 5.74) is 0.932. The lowest BCUT2D eigenvalue weighted by atomic mass is 9.50. The van der Waals surface area contributed by atoms with Gasteiger partial charge in [0.05, 0.1) is 6.10 Å². The van der Waals surface area contributed by atoms with Crippen LogP contribution in [0.3, 0.4) is 0 Å². The third-order valence-electron chi connectivity index (χ3n) is 9.42. The topological polar surface area (TPSA) is 37.3 Å². The number of Topliss-reactive ketones (excluding diaryl/α,β-unsaturated/α-hetero) is 1.